The van der Waals surface area contributed by atoms with E-state index < -0.39 is 0 Å². The lowest BCUT2D eigenvalue weighted by Crippen LogP contribution is -1.93. The lowest BCUT2D eigenvalue weighted by Gasteiger charge is -2.02. The molecule has 1 heteroatoms. The zero-order valence-corrected chi connectivity index (χ0v) is 8.22. The van der Waals surface area contributed by atoms with Crippen molar-refractivity contribution < 1.29 is 0 Å². The van der Waals surface area contributed by atoms with Crippen molar-refractivity contribution in [3.8, 4) is 0 Å². The van der Waals surface area contributed by atoms with Gasteiger partial charge >= 0.3 is 0 Å². The number of hydrogen-bond donors (Lipinski definition) is 0. The lowest BCUT2D eigenvalue weighted by molar-refractivity contribution is 0.637. The van der Waals surface area contributed by atoms with E-state index in [4.69, 9.17) is 0 Å². The molecule has 0 heterocycles. The van der Waals surface area contributed by atoms with Gasteiger partial charge in [-0.2, -0.15) is 11.8 Å². The van der Waals surface area contributed by atoms with Crippen LogP contribution in [0, 0.1) is 5.92 Å². The average molecular weight is 148 g/mol. The molecule has 0 aromatic heterocycles. The molecule has 0 aliphatic rings. The van der Waals surface area contributed by atoms with E-state index in [9.17, 15) is 0 Å². The van der Waals surface area contributed by atoms with Gasteiger partial charge in [0.1, 0.15) is 0 Å². The first-order valence-corrected chi connectivity index (χ1v) is 5.19. The van der Waals surface area contributed by atoms with Crippen molar-refractivity contribution in [3.63, 3.8) is 0 Å². The third-order valence-corrected chi connectivity index (χ3v) is 2.05. The second-order valence-electron chi connectivity index (χ2n) is 1.97. The van der Waals surface area contributed by atoms with Crippen molar-refractivity contribution >= 4 is 11.8 Å². The monoisotopic (exact) mass is 148 g/mol. The van der Waals surface area contributed by atoms with Gasteiger partial charge in [0.15, 0.2) is 0 Å². The van der Waals surface area contributed by atoms with Gasteiger partial charge in [-0.25, -0.2) is 0 Å². The molecule has 0 nitrogen and oxygen atoms in total. The van der Waals surface area contributed by atoms with E-state index in [1.807, 2.05) is 25.6 Å². The Labute approximate surface area is 64.4 Å². The van der Waals surface area contributed by atoms with Crippen LogP contribution in [0.4, 0.5) is 0 Å². The van der Waals surface area contributed by atoms with Crippen LogP contribution in [0.15, 0.2) is 0 Å². The zero-order valence-electron chi connectivity index (χ0n) is 7.40. The summed E-state index contributed by atoms with van der Waals surface area (Å²) in [6.07, 6.45) is 3.48. The fourth-order valence-electron chi connectivity index (χ4n) is 0.402. The maximum Gasteiger partial charge on any atom is -0.00446 e. The highest BCUT2D eigenvalue weighted by Crippen LogP contribution is 2.06. The minimum Gasteiger partial charge on any atom is -0.165 e. The molecule has 9 heavy (non-hydrogen) atoms. The van der Waals surface area contributed by atoms with Crippen LogP contribution in [0.1, 0.15) is 34.1 Å². The van der Waals surface area contributed by atoms with Crippen LogP contribution in [-0.2, 0) is 0 Å². The van der Waals surface area contributed by atoms with E-state index in [2.05, 4.69) is 20.1 Å². The second-order valence-corrected chi connectivity index (χ2v) is 2.88. The van der Waals surface area contributed by atoms with Gasteiger partial charge < -0.3 is 0 Å². The lowest BCUT2D eigenvalue weighted by atomic mass is 10.2. The van der Waals surface area contributed by atoms with Gasteiger partial charge in [-0.3, -0.25) is 0 Å². The smallest absolute Gasteiger partial charge is 0.00446 e. The van der Waals surface area contributed by atoms with E-state index in [1.165, 1.54) is 12.2 Å². The molecule has 0 aliphatic carbocycles. The summed E-state index contributed by atoms with van der Waals surface area (Å²) in [6, 6.07) is 0. The fourth-order valence-corrected chi connectivity index (χ4v) is 1.21. The standard InChI is InChI=1S/C6H14S.C2H6/c1-4-6(2)5-7-3;1-2/h6H,4-5H2,1-3H3;1-2H3. The average Bonchev–Trinajstić information content (AvgIpc) is 1.93. The Morgan fingerprint density at radius 1 is 1.33 bits per heavy atom. The van der Waals surface area contributed by atoms with E-state index >= 15 is 0 Å². The van der Waals surface area contributed by atoms with Crippen molar-refractivity contribution in [1.82, 2.24) is 0 Å². The highest BCUT2D eigenvalue weighted by molar-refractivity contribution is 7.98. The molecule has 0 spiro atoms. The maximum absolute atomic E-state index is 2.29. The van der Waals surface area contributed by atoms with Gasteiger partial charge in [0.2, 0.25) is 0 Å². The Kier molecular flexibility index (Phi) is 15.0. The van der Waals surface area contributed by atoms with Crippen molar-refractivity contribution in [2.75, 3.05) is 12.0 Å². The predicted octanol–water partition coefficient (Wildman–Crippen LogP) is 3.42. The summed E-state index contributed by atoms with van der Waals surface area (Å²) >= 11 is 1.93. The van der Waals surface area contributed by atoms with Crippen molar-refractivity contribution in [2.24, 2.45) is 5.92 Å². The molecular weight excluding hydrogens is 128 g/mol. The molecule has 0 radical (unpaired) electrons. The molecular formula is C8H20S. The molecule has 0 rings (SSSR count). The summed E-state index contributed by atoms with van der Waals surface area (Å²) < 4.78 is 0. The normalized spacial score (nSPS) is 11.7. The van der Waals surface area contributed by atoms with Crippen LogP contribution in [0.5, 0.6) is 0 Å². The van der Waals surface area contributed by atoms with Crippen molar-refractivity contribution in [1.29, 1.82) is 0 Å². The largest absolute Gasteiger partial charge is 0.165 e. The van der Waals surface area contributed by atoms with Gasteiger partial charge in [0, 0.05) is 0 Å². The van der Waals surface area contributed by atoms with E-state index in [1.54, 1.807) is 0 Å². The highest BCUT2D eigenvalue weighted by Gasteiger charge is 1.93. The fraction of sp³-hybridized carbons (Fsp3) is 1.00. The second kappa shape index (κ2) is 11.2. The summed E-state index contributed by atoms with van der Waals surface area (Å²) in [5.41, 5.74) is 0. The summed E-state index contributed by atoms with van der Waals surface area (Å²) in [6.45, 7) is 8.53. The number of hydrogen-bond acceptors (Lipinski definition) is 1. The minimum atomic E-state index is 0.912. The number of rotatable bonds is 3. The van der Waals surface area contributed by atoms with Gasteiger partial charge in [-0.15, -0.1) is 0 Å². The Hall–Kier alpha value is 0.350. The van der Waals surface area contributed by atoms with Gasteiger partial charge in [-0.1, -0.05) is 34.1 Å². The molecule has 0 saturated carbocycles. The third-order valence-electron chi connectivity index (χ3n) is 1.15. The van der Waals surface area contributed by atoms with Crippen LogP contribution in [-0.4, -0.2) is 12.0 Å². The summed E-state index contributed by atoms with van der Waals surface area (Å²) in [5, 5.41) is 0. The molecule has 0 aromatic carbocycles. The third kappa shape index (κ3) is 11.8. The predicted molar refractivity (Wildman–Crippen MR) is 49.2 cm³/mol. The van der Waals surface area contributed by atoms with Gasteiger partial charge in [0.05, 0.1) is 0 Å². The van der Waals surface area contributed by atoms with Gasteiger partial charge in [-0.05, 0) is 17.9 Å². The van der Waals surface area contributed by atoms with Crippen molar-refractivity contribution in [3.05, 3.63) is 0 Å². The zero-order chi connectivity index (χ0) is 7.70. The van der Waals surface area contributed by atoms with Crippen LogP contribution in [0.25, 0.3) is 0 Å². The molecule has 1 atom stereocenters. The van der Waals surface area contributed by atoms with E-state index in [0.29, 0.717) is 0 Å². The summed E-state index contributed by atoms with van der Waals surface area (Å²) in [5.74, 6) is 2.23. The van der Waals surface area contributed by atoms with Crippen molar-refractivity contribution in [2.45, 2.75) is 34.1 Å². The molecule has 0 bridgehead atoms. The maximum atomic E-state index is 2.29. The quantitative estimate of drug-likeness (QED) is 0.591. The first-order chi connectivity index (χ1) is 4.31. The van der Waals surface area contributed by atoms with E-state index in [0.717, 1.165) is 5.92 Å². The molecule has 0 aliphatic heterocycles. The van der Waals surface area contributed by atoms with Crippen LogP contribution >= 0.6 is 11.8 Å². The molecule has 0 saturated heterocycles. The first-order valence-electron chi connectivity index (χ1n) is 3.80. The Morgan fingerprint density at radius 2 is 1.78 bits per heavy atom. The van der Waals surface area contributed by atoms with Crippen LogP contribution < -0.4 is 0 Å². The molecule has 0 amide bonds. The molecule has 1 unspecified atom stereocenters. The summed E-state index contributed by atoms with van der Waals surface area (Å²) in [4.78, 5) is 0. The molecule has 58 valence electrons. The Balaban J connectivity index is 0. The molecule has 0 fully saturated rings. The SMILES string of the molecule is CC.CCC(C)CSC. The van der Waals surface area contributed by atoms with Crippen LogP contribution in [0.3, 0.4) is 0 Å². The topological polar surface area (TPSA) is 0 Å². The van der Waals surface area contributed by atoms with Gasteiger partial charge in [0.25, 0.3) is 0 Å². The first kappa shape index (κ1) is 12.1. The minimum absolute atomic E-state index is 0.912. The van der Waals surface area contributed by atoms with E-state index in [-0.39, 0.29) is 0 Å². The highest BCUT2D eigenvalue weighted by atomic mass is 32.2. The summed E-state index contributed by atoms with van der Waals surface area (Å²) in [7, 11) is 0. The molecule has 0 N–H and O–H groups in total. The van der Waals surface area contributed by atoms with Crippen LogP contribution in [0.2, 0.25) is 0 Å². The Morgan fingerprint density at radius 3 is 1.89 bits per heavy atom. The Bertz CT molecular complexity index is 35.5. The number of thioether (sulfide) groups is 1. The molecule has 0 aromatic rings.